The average molecular weight is 436 g/mol. The van der Waals surface area contributed by atoms with E-state index in [1.54, 1.807) is 35.5 Å². The molecule has 0 aliphatic heterocycles. The molecule has 0 aliphatic carbocycles. The maximum Gasteiger partial charge on any atom is 0.295 e. The van der Waals surface area contributed by atoms with Crippen LogP contribution in [-0.2, 0) is 13.5 Å². The molecule has 1 N–H and O–H groups in total. The molecule has 0 radical (unpaired) electrons. The number of hydrogen-bond acceptors (Lipinski definition) is 3. The standard InChI is InChI=1S/C23H22ClN5O2/c1-4-20-19(14-25-28(20)18-12-8-9-16(24)13-18)22(30)26-21-15(2)27(3)29(23(21)31)17-10-6-5-7-11-17/h5-14H,4H2,1-3H3,(H,26,30). The summed E-state index contributed by atoms with van der Waals surface area (Å²) in [5.41, 5.74) is 3.25. The van der Waals surface area contributed by atoms with Crippen LogP contribution in [0.1, 0.15) is 28.7 Å². The Balaban J connectivity index is 1.71. The summed E-state index contributed by atoms with van der Waals surface area (Å²) in [6.07, 6.45) is 2.10. The van der Waals surface area contributed by atoms with Crippen molar-refractivity contribution in [2.75, 3.05) is 5.32 Å². The van der Waals surface area contributed by atoms with Crippen molar-refractivity contribution >= 4 is 23.2 Å². The fourth-order valence-corrected chi connectivity index (χ4v) is 3.81. The Kier molecular flexibility index (Phi) is 5.52. The molecule has 0 spiro atoms. The van der Waals surface area contributed by atoms with Crippen LogP contribution in [0.3, 0.4) is 0 Å². The summed E-state index contributed by atoms with van der Waals surface area (Å²) in [5.74, 6) is -0.379. The normalized spacial score (nSPS) is 11.0. The third-order valence-electron chi connectivity index (χ3n) is 5.29. The van der Waals surface area contributed by atoms with Gasteiger partial charge in [-0.2, -0.15) is 5.10 Å². The fraction of sp³-hybridized carbons (Fsp3) is 0.174. The highest BCUT2D eigenvalue weighted by molar-refractivity contribution is 6.30. The maximum atomic E-state index is 13.1. The zero-order valence-electron chi connectivity index (χ0n) is 17.5. The van der Waals surface area contributed by atoms with Crippen molar-refractivity contribution < 1.29 is 4.79 Å². The number of nitrogens with zero attached hydrogens (tertiary/aromatic N) is 4. The molecule has 0 saturated carbocycles. The van der Waals surface area contributed by atoms with Crippen LogP contribution >= 0.6 is 11.6 Å². The van der Waals surface area contributed by atoms with E-state index in [1.807, 2.05) is 49.4 Å². The van der Waals surface area contributed by atoms with E-state index in [9.17, 15) is 9.59 Å². The molecular weight excluding hydrogens is 414 g/mol. The summed E-state index contributed by atoms with van der Waals surface area (Å²) in [4.78, 5) is 26.2. The largest absolute Gasteiger partial charge is 0.316 e. The molecule has 0 aliphatic rings. The number of halogens is 1. The third kappa shape index (κ3) is 3.68. The average Bonchev–Trinajstić information content (AvgIpc) is 3.29. The van der Waals surface area contributed by atoms with Crippen molar-refractivity contribution in [3.63, 3.8) is 0 Å². The molecular formula is C23H22ClN5O2. The van der Waals surface area contributed by atoms with Gasteiger partial charge in [0.2, 0.25) is 0 Å². The van der Waals surface area contributed by atoms with Crippen LogP contribution in [-0.4, -0.2) is 25.1 Å². The lowest BCUT2D eigenvalue weighted by molar-refractivity contribution is 0.102. The van der Waals surface area contributed by atoms with Gasteiger partial charge in [-0.25, -0.2) is 9.36 Å². The van der Waals surface area contributed by atoms with E-state index < -0.39 is 0 Å². The molecule has 0 saturated heterocycles. The Morgan fingerprint density at radius 1 is 1.10 bits per heavy atom. The van der Waals surface area contributed by atoms with Gasteiger partial charge < -0.3 is 5.32 Å². The summed E-state index contributed by atoms with van der Waals surface area (Å²) < 4.78 is 4.95. The monoisotopic (exact) mass is 435 g/mol. The number of anilines is 1. The molecule has 0 unspecified atom stereocenters. The Morgan fingerprint density at radius 3 is 2.48 bits per heavy atom. The molecule has 8 heteroatoms. The number of nitrogens with one attached hydrogen (secondary N) is 1. The van der Waals surface area contributed by atoms with Gasteiger partial charge in [0, 0.05) is 12.1 Å². The van der Waals surface area contributed by atoms with Gasteiger partial charge in [0.1, 0.15) is 5.69 Å². The summed E-state index contributed by atoms with van der Waals surface area (Å²) in [6, 6.07) is 16.6. The second kappa shape index (κ2) is 8.28. The van der Waals surface area contributed by atoms with Gasteiger partial charge in [-0.3, -0.25) is 14.3 Å². The van der Waals surface area contributed by atoms with Crippen molar-refractivity contribution in [1.82, 2.24) is 19.1 Å². The highest BCUT2D eigenvalue weighted by Crippen LogP contribution is 2.21. The molecule has 1 amide bonds. The van der Waals surface area contributed by atoms with Crippen LogP contribution in [0.4, 0.5) is 5.69 Å². The molecule has 0 atom stereocenters. The molecule has 2 heterocycles. The number of para-hydroxylation sites is 1. The van der Waals surface area contributed by atoms with Crippen LogP contribution in [0.15, 0.2) is 65.6 Å². The number of aromatic nitrogens is 4. The third-order valence-corrected chi connectivity index (χ3v) is 5.53. The first-order valence-electron chi connectivity index (χ1n) is 9.90. The van der Waals surface area contributed by atoms with Crippen molar-refractivity contribution in [2.24, 2.45) is 7.05 Å². The van der Waals surface area contributed by atoms with Gasteiger partial charge in [0.05, 0.1) is 34.5 Å². The van der Waals surface area contributed by atoms with Gasteiger partial charge in [0.15, 0.2) is 0 Å². The topological polar surface area (TPSA) is 73.8 Å². The van der Waals surface area contributed by atoms with Crippen LogP contribution in [0, 0.1) is 6.92 Å². The molecule has 2 aromatic carbocycles. The van der Waals surface area contributed by atoms with Crippen LogP contribution in [0.5, 0.6) is 0 Å². The first-order valence-corrected chi connectivity index (χ1v) is 10.3. The fourth-order valence-electron chi connectivity index (χ4n) is 3.63. The van der Waals surface area contributed by atoms with Crippen LogP contribution < -0.4 is 10.9 Å². The van der Waals surface area contributed by atoms with E-state index >= 15 is 0 Å². The number of rotatable bonds is 5. The van der Waals surface area contributed by atoms with Gasteiger partial charge in [-0.1, -0.05) is 42.8 Å². The summed E-state index contributed by atoms with van der Waals surface area (Å²) >= 11 is 6.11. The predicted octanol–water partition coefficient (Wildman–Crippen LogP) is 4.14. The molecule has 31 heavy (non-hydrogen) atoms. The lowest BCUT2D eigenvalue weighted by atomic mass is 10.2. The van der Waals surface area contributed by atoms with Crippen molar-refractivity contribution in [2.45, 2.75) is 20.3 Å². The second-order valence-corrected chi connectivity index (χ2v) is 7.58. The predicted molar refractivity (Wildman–Crippen MR) is 122 cm³/mol. The molecule has 2 aromatic heterocycles. The Hall–Kier alpha value is -3.58. The van der Waals surface area contributed by atoms with Crippen LogP contribution in [0.2, 0.25) is 5.02 Å². The quantitative estimate of drug-likeness (QED) is 0.512. The van der Waals surface area contributed by atoms with Crippen LogP contribution in [0.25, 0.3) is 11.4 Å². The van der Waals surface area contributed by atoms with E-state index in [0.717, 1.165) is 17.1 Å². The number of hydrogen-bond donors (Lipinski definition) is 1. The zero-order valence-corrected chi connectivity index (χ0v) is 18.2. The SMILES string of the molecule is CCc1c(C(=O)Nc2c(C)n(C)n(-c3ccccc3)c2=O)cnn1-c1cccc(Cl)c1. The Labute approximate surface area is 184 Å². The zero-order chi connectivity index (χ0) is 22.1. The summed E-state index contributed by atoms with van der Waals surface area (Å²) in [5, 5.41) is 7.77. The van der Waals surface area contributed by atoms with E-state index in [0.29, 0.717) is 22.7 Å². The first-order chi connectivity index (χ1) is 14.9. The molecule has 7 nitrogen and oxygen atoms in total. The van der Waals surface area contributed by atoms with Gasteiger partial charge >= 0.3 is 0 Å². The molecule has 4 rings (SSSR count). The summed E-state index contributed by atoms with van der Waals surface area (Å²) in [6.45, 7) is 3.75. The van der Waals surface area contributed by atoms with Gasteiger partial charge in [-0.05, 0) is 43.7 Å². The minimum atomic E-state index is -0.379. The second-order valence-electron chi connectivity index (χ2n) is 7.14. The van der Waals surface area contributed by atoms with E-state index in [4.69, 9.17) is 11.6 Å². The highest BCUT2D eigenvalue weighted by Gasteiger charge is 2.22. The maximum absolute atomic E-state index is 13.1. The minimum Gasteiger partial charge on any atom is -0.316 e. The first kappa shape index (κ1) is 20.7. The number of carbonyl (C=O) groups is 1. The van der Waals surface area contributed by atoms with Gasteiger partial charge in [-0.15, -0.1) is 0 Å². The smallest absolute Gasteiger partial charge is 0.295 e. The molecule has 0 fully saturated rings. The minimum absolute atomic E-state index is 0.244. The van der Waals surface area contributed by atoms with E-state index in [1.165, 1.54) is 10.9 Å². The number of carbonyl (C=O) groups excluding carboxylic acids is 1. The molecule has 158 valence electrons. The van der Waals surface area contributed by atoms with Gasteiger partial charge in [0.25, 0.3) is 11.5 Å². The number of benzene rings is 2. The Bertz CT molecular complexity index is 1320. The molecule has 4 aromatic rings. The lowest BCUT2D eigenvalue weighted by Crippen LogP contribution is -2.23. The van der Waals surface area contributed by atoms with E-state index in [2.05, 4.69) is 10.4 Å². The molecule has 0 bridgehead atoms. The van der Waals surface area contributed by atoms with Crippen molar-refractivity contribution in [3.8, 4) is 11.4 Å². The Morgan fingerprint density at radius 2 is 1.81 bits per heavy atom. The van der Waals surface area contributed by atoms with Crippen molar-refractivity contribution in [3.05, 3.63) is 93.1 Å². The lowest BCUT2D eigenvalue weighted by Gasteiger charge is -2.08. The van der Waals surface area contributed by atoms with Crippen molar-refractivity contribution in [1.29, 1.82) is 0 Å². The highest BCUT2D eigenvalue weighted by atomic mass is 35.5. The van der Waals surface area contributed by atoms with E-state index in [-0.39, 0.29) is 17.2 Å². The number of amides is 1. The summed E-state index contributed by atoms with van der Waals surface area (Å²) in [7, 11) is 1.79.